The molecule has 4 N–H and O–H groups in total. The summed E-state index contributed by atoms with van der Waals surface area (Å²) in [6.07, 6.45) is 3.83. The fourth-order valence-electron chi connectivity index (χ4n) is 3.92. The van der Waals surface area contributed by atoms with E-state index in [9.17, 15) is 5.11 Å². The summed E-state index contributed by atoms with van der Waals surface area (Å²) >= 11 is 0. The molecule has 0 aliphatic heterocycles. The lowest BCUT2D eigenvalue weighted by Crippen LogP contribution is -2.29. The van der Waals surface area contributed by atoms with Gasteiger partial charge in [-0.1, -0.05) is 13.3 Å². The van der Waals surface area contributed by atoms with Crippen molar-refractivity contribution in [1.82, 2.24) is 25.1 Å². The zero-order chi connectivity index (χ0) is 25.2. The number of aromatic nitrogens is 4. The first-order valence-corrected chi connectivity index (χ1v) is 11.8. The largest absolute Gasteiger partial charge is 0.496 e. The smallest absolute Gasteiger partial charge is 0.222 e. The molecule has 1 aromatic carbocycles. The number of benzene rings is 1. The molecule has 3 rings (SSSR count). The van der Waals surface area contributed by atoms with Gasteiger partial charge in [0, 0.05) is 33.3 Å². The van der Waals surface area contributed by atoms with Gasteiger partial charge in [-0.05, 0) is 24.1 Å². The second-order valence-electron chi connectivity index (χ2n) is 8.18. The molecule has 35 heavy (non-hydrogen) atoms. The van der Waals surface area contributed by atoms with Crippen LogP contribution in [0.15, 0.2) is 18.3 Å². The second-order valence-corrected chi connectivity index (χ2v) is 8.18. The van der Waals surface area contributed by atoms with Crippen LogP contribution in [0.1, 0.15) is 30.9 Å². The van der Waals surface area contributed by atoms with Crippen molar-refractivity contribution in [2.24, 2.45) is 0 Å². The first-order chi connectivity index (χ1) is 17.0. The van der Waals surface area contributed by atoms with Crippen LogP contribution < -0.4 is 25.4 Å². The van der Waals surface area contributed by atoms with Crippen LogP contribution in [-0.2, 0) is 17.8 Å². The molecule has 0 radical (unpaired) electrons. The summed E-state index contributed by atoms with van der Waals surface area (Å²) in [5.41, 5.74) is 9.20. The van der Waals surface area contributed by atoms with Crippen molar-refractivity contribution in [3.05, 3.63) is 29.5 Å². The predicted octanol–water partition coefficient (Wildman–Crippen LogP) is 1.81. The van der Waals surface area contributed by atoms with E-state index in [1.165, 1.54) is 0 Å². The third-order valence-electron chi connectivity index (χ3n) is 5.66. The average molecular weight is 488 g/mol. The van der Waals surface area contributed by atoms with Crippen molar-refractivity contribution < 1.29 is 19.3 Å². The number of ether oxygens (including phenoxy) is 3. The highest BCUT2D eigenvalue weighted by Gasteiger charge is 2.19. The van der Waals surface area contributed by atoms with Crippen LogP contribution in [0, 0.1) is 0 Å². The van der Waals surface area contributed by atoms with Gasteiger partial charge < -0.3 is 35.3 Å². The van der Waals surface area contributed by atoms with Crippen LogP contribution in [0.5, 0.6) is 11.5 Å². The minimum absolute atomic E-state index is 0.0108. The van der Waals surface area contributed by atoms with Crippen molar-refractivity contribution in [1.29, 1.82) is 0 Å². The number of hydrogen-bond acceptors (Lipinski definition) is 10. The first kappa shape index (κ1) is 26.5. The van der Waals surface area contributed by atoms with Gasteiger partial charge in [0.1, 0.15) is 17.0 Å². The molecule has 0 aliphatic carbocycles. The fraction of sp³-hybridized carbons (Fsp3) is 0.542. The lowest BCUT2D eigenvalue weighted by molar-refractivity contribution is 0.199. The summed E-state index contributed by atoms with van der Waals surface area (Å²) in [6.45, 7) is 5.79. The SMILES string of the molecule is CCCCN(CCO)c1nc(N)nc2cn(Cc3c(OC)cc(CNCCOC)cc3OC)nc12. The summed E-state index contributed by atoms with van der Waals surface area (Å²) in [5, 5.41) is 17.7. The molecular weight excluding hydrogens is 450 g/mol. The van der Waals surface area contributed by atoms with Gasteiger partial charge in [-0.25, -0.2) is 4.98 Å². The van der Waals surface area contributed by atoms with Gasteiger partial charge in [0.05, 0.1) is 45.7 Å². The van der Waals surface area contributed by atoms with Crippen molar-refractivity contribution in [3.63, 3.8) is 0 Å². The summed E-state index contributed by atoms with van der Waals surface area (Å²) in [5.74, 6) is 2.23. The maximum atomic E-state index is 9.58. The minimum atomic E-state index is 0.0108. The number of nitrogens with zero attached hydrogens (tertiary/aromatic N) is 5. The third-order valence-corrected chi connectivity index (χ3v) is 5.66. The number of aliphatic hydroxyl groups excluding tert-OH is 1. The zero-order valence-electron chi connectivity index (χ0n) is 21.1. The van der Waals surface area contributed by atoms with Crippen molar-refractivity contribution in [2.45, 2.75) is 32.9 Å². The Balaban J connectivity index is 1.94. The van der Waals surface area contributed by atoms with Crippen LogP contribution >= 0.6 is 0 Å². The van der Waals surface area contributed by atoms with Crippen molar-refractivity contribution in [3.8, 4) is 11.5 Å². The fourth-order valence-corrected chi connectivity index (χ4v) is 3.92. The van der Waals surface area contributed by atoms with Gasteiger partial charge in [0.15, 0.2) is 11.3 Å². The molecule has 0 atom stereocenters. The Hall–Kier alpha value is -3.15. The topological polar surface area (TPSA) is 133 Å². The highest BCUT2D eigenvalue weighted by atomic mass is 16.5. The lowest BCUT2D eigenvalue weighted by atomic mass is 10.1. The maximum Gasteiger partial charge on any atom is 0.222 e. The lowest BCUT2D eigenvalue weighted by Gasteiger charge is -2.22. The van der Waals surface area contributed by atoms with E-state index in [-0.39, 0.29) is 12.6 Å². The molecule has 11 nitrogen and oxygen atoms in total. The van der Waals surface area contributed by atoms with Crippen LogP contribution in [0.2, 0.25) is 0 Å². The molecule has 0 spiro atoms. The zero-order valence-corrected chi connectivity index (χ0v) is 21.1. The minimum Gasteiger partial charge on any atom is -0.496 e. The van der Waals surface area contributed by atoms with E-state index in [4.69, 9.17) is 25.0 Å². The Morgan fingerprint density at radius 1 is 1.11 bits per heavy atom. The molecule has 192 valence electrons. The Morgan fingerprint density at radius 2 is 1.86 bits per heavy atom. The van der Waals surface area contributed by atoms with Gasteiger partial charge in [-0.3, -0.25) is 4.68 Å². The van der Waals surface area contributed by atoms with E-state index in [0.29, 0.717) is 54.6 Å². The highest BCUT2D eigenvalue weighted by molar-refractivity contribution is 5.86. The summed E-state index contributed by atoms with van der Waals surface area (Å²) in [7, 11) is 4.97. The predicted molar refractivity (Wildman–Crippen MR) is 136 cm³/mol. The number of aliphatic hydroxyl groups is 1. The van der Waals surface area contributed by atoms with Gasteiger partial charge in [-0.15, -0.1) is 0 Å². The number of anilines is 2. The molecule has 3 aromatic rings. The van der Waals surface area contributed by atoms with E-state index in [2.05, 4.69) is 22.2 Å². The van der Waals surface area contributed by atoms with Gasteiger partial charge >= 0.3 is 0 Å². The van der Waals surface area contributed by atoms with Gasteiger partial charge in [-0.2, -0.15) is 10.1 Å². The molecule has 0 fully saturated rings. The number of methoxy groups -OCH3 is 3. The van der Waals surface area contributed by atoms with E-state index in [1.54, 1.807) is 26.0 Å². The Morgan fingerprint density at radius 3 is 2.49 bits per heavy atom. The number of fused-ring (bicyclic) bond motifs is 1. The monoisotopic (exact) mass is 487 g/mol. The summed E-state index contributed by atoms with van der Waals surface area (Å²) in [4.78, 5) is 10.8. The van der Waals surface area contributed by atoms with Crippen LogP contribution in [0.25, 0.3) is 11.0 Å². The number of nitrogens with two attached hydrogens (primary N) is 1. The molecule has 0 bridgehead atoms. The van der Waals surface area contributed by atoms with Crippen LogP contribution in [-0.4, -0.2) is 79.0 Å². The molecule has 2 aromatic heterocycles. The number of nitrogens with one attached hydrogen (secondary N) is 1. The number of unbranched alkanes of at least 4 members (excludes halogenated alkanes) is 1. The van der Waals surface area contributed by atoms with E-state index >= 15 is 0 Å². The van der Waals surface area contributed by atoms with Crippen molar-refractivity contribution >= 4 is 22.8 Å². The molecule has 0 saturated heterocycles. The molecule has 0 saturated carbocycles. The summed E-state index contributed by atoms with van der Waals surface area (Å²) < 4.78 is 18.3. The Kier molecular flexibility index (Phi) is 9.88. The second kappa shape index (κ2) is 13.1. The van der Waals surface area contributed by atoms with Gasteiger partial charge in [0.25, 0.3) is 0 Å². The van der Waals surface area contributed by atoms with E-state index in [0.717, 1.165) is 37.1 Å². The number of rotatable bonds is 15. The van der Waals surface area contributed by atoms with Crippen molar-refractivity contribution in [2.75, 3.05) is 64.8 Å². The quantitative estimate of drug-likeness (QED) is 0.273. The number of hydrogen-bond donors (Lipinski definition) is 3. The molecule has 11 heteroatoms. The van der Waals surface area contributed by atoms with Crippen LogP contribution in [0.4, 0.5) is 11.8 Å². The first-order valence-electron chi connectivity index (χ1n) is 11.8. The number of nitrogen functional groups attached to an aromatic ring is 1. The van der Waals surface area contributed by atoms with Gasteiger partial charge in [0.2, 0.25) is 5.95 Å². The average Bonchev–Trinajstić information content (AvgIpc) is 3.26. The molecule has 0 amide bonds. The van der Waals surface area contributed by atoms with E-state index in [1.807, 2.05) is 23.2 Å². The normalized spacial score (nSPS) is 11.2. The highest BCUT2D eigenvalue weighted by Crippen LogP contribution is 2.32. The molecule has 2 heterocycles. The Labute approximate surface area is 206 Å². The standard InChI is InChI=1S/C24H37N7O4/c1-5-6-8-30(9-10-32)23-22-19(27-24(25)28-23)16-31(29-22)15-18-20(34-3)12-17(13-21(18)35-4)14-26-7-11-33-2/h12-13,16,26,32H,5-11,14-15H2,1-4H3,(H2,25,27). The van der Waals surface area contributed by atoms with E-state index < -0.39 is 0 Å². The summed E-state index contributed by atoms with van der Waals surface area (Å²) in [6, 6.07) is 4.00. The molecule has 0 aliphatic rings. The Bertz CT molecular complexity index is 1060. The molecule has 0 unspecified atom stereocenters. The molecular formula is C24H37N7O4. The third kappa shape index (κ3) is 6.71. The maximum absolute atomic E-state index is 9.58. The van der Waals surface area contributed by atoms with Crippen LogP contribution in [0.3, 0.4) is 0 Å².